The van der Waals surface area contributed by atoms with Crippen molar-refractivity contribution in [2.24, 2.45) is 0 Å². The second-order valence-corrected chi connectivity index (χ2v) is 5.13. The molecule has 0 aliphatic carbocycles. The van der Waals surface area contributed by atoms with Gasteiger partial charge in [-0.25, -0.2) is 0 Å². The Bertz CT molecular complexity index is 459. The average molecular weight is 245 g/mol. The summed E-state index contributed by atoms with van der Waals surface area (Å²) in [5.41, 5.74) is 3.98. The summed E-state index contributed by atoms with van der Waals surface area (Å²) < 4.78 is 0. The van der Waals surface area contributed by atoms with Crippen LogP contribution in [0.4, 0.5) is 5.69 Å². The fourth-order valence-electron chi connectivity index (χ4n) is 2.02. The van der Waals surface area contributed by atoms with E-state index in [0.717, 1.165) is 0 Å². The molecular weight excluding hydrogens is 226 g/mol. The van der Waals surface area contributed by atoms with E-state index in [2.05, 4.69) is 48.0 Å². The van der Waals surface area contributed by atoms with Gasteiger partial charge in [0.1, 0.15) is 0 Å². The first-order valence-corrected chi connectivity index (χ1v) is 7.08. The zero-order valence-corrected chi connectivity index (χ0v) is 11.3. The van der Waals surface area contributed by atoms with Crippen LogP contribution >= 0.6 is 11.3 Å². The first-order valence-electron chi connectivity index (χ1n) is 6.20. The van der Waals surface area contributed by atoms with Gasteiger partial charge in [-0.15, -0.1) is 11.3 Å². The third-order valence-corrected chi connectivity index (χ3v) is 4.00. The molecule has 0 amide bonds. The molecule has 0 aliphatic rings. The fourth-order valence-corrected chi connectivity index (χ4v) is 3.13. The molecule has 0 aliphatic heterocycles. The molecule has 1 heterocycles. The monoisotopic (exact) mass is 245 g/mol. The SMILES string of the molecule is CCCCc1scc(NC)c1-c1ccccc1. The van der Waals surface area contributed by atoms with Crippen molar-refractivity contribution in [1.82, 2.24) is 0 Å². The normalized spacial score (nSPS) is 10.5. The number of hydrogen-bond donors (Lipinski definition) is 1. The molecule has 2 heteroatoms. The van der Waals surface area contributed by atoms with Crippen LogP contribution in [0.1, 0.15) is 24.6 Å². The predicted molar refractivity (Wildman–Crippen MR) is 77.9 cm³/mol. The molecule has 90 valence electrons. The van der Waals surface area contributed by atoms with Crippen molar-refractivity contribution in [2.45, 2.75) is 26.2 Å². The lowest BCUT2D eigenvalue weighted by Crippen LogP contribution is -1.91. The highest BCUT2D eigenvalue weighted by atomic mass is 32.1. The van der Waals surface area contributed by atoms with E-state index in [9.17, 15) is 0 Å². The predicted octanol–water partition coefficient (Wildman–Crippen LogP) is 4.80. The fraction of sp³-hybridized carbons (Fsp3) is 0.333. The molecule has 2 aromatic rings. The standard InChI is InChI=1S/C15H19NS/c1-3-4-10-14-15(13(16-2)11-17-14)12-8-6-5-7-9-12/h5-9,11,16H,3-4,10H2,1-2H3. The Balaban J connectivity index is 2.39. The number of unbranched alkanes of at least 4 members (excludes halogenated alkanes) is 1. The van der Waals surface area contributed by atoms with Gasteiger partial charge in [0.25, 0.3) is 0 Å². The van der Waals surface area contributed by atoms with Crippen LogP contribution in [0.25, 0.3) is 11.1 Å². The lowest BCUT2D eigenvalue weighted by molar-refractivity contribution is 0.805. The highest BCUT2D eigenvalue weighted by Gasteiger charge is 2.11. The van der Waals surface area contributed by atoms with Gasteiger partial charge < -0.3 is 5.32 Å². The van der Waals surface area contributed by atoms with Gasteiger partial charge in [-0.05, 0) is 18.4 Å². The lowest BCUT2D eigenvalue weighted by Gasteiger charge is -2.07. The minimum absolute atomic E-state index is 1.19. The van der Waals surface area contributed by atoms with Gasteiger partial charge in [-0.2, -0.15) is 0 Å². The van der Waals surface area contributed by atoms with Crippen LogP contribution in [0.3, 0.4) is 0 Å². The molecule has 0 spiro atoms. The second kappa shape index (κ2) is 5.87. The number of thiophene rings is 1. The Labute approximate surface area is 108 Å². The maximum Gasteiger partial charge on any atom is 0.0528 e. The highest BCUT2D eigenvalue weighted by Crippen LogP contribution is 2.37. The van der Waals surface area contributed by atoms with E-state index >= 15 is 0 Å². The molecular formula is C15H19NS. The first-order chi connectivity index (χ1) is 8.36. The van der Waals surface area contributed by atoms with Gasteiger partial charge in [-0.1, -0.05) is 43.7 Å². The average Bonchev–Trinajstić information content (AvgIpc) is 2.80. The van der Waals surface area contributed by atoms with Gasteiger partial charge in [0.2, 0.25) is 0 Å². The summed E-state index contributed by atoms with van der Waals surface area (Å²) in [6.07, 6.45) is 3.71. The van der Waals surface area contributed by atoms with E-state index in [0.29, 0.717) is 0 Å². The number of rotatable bonds is 5. The first kappa shape index (κ1) is 12.2. The molecule has 0 radical (unpaired) electrons. The summed E-state index contributed by atoms with van der Waals surface area (Å²) in [7, 11) is 2.00. The molecule has 0 unspecified atom stereocenters. The second-order valence-electron chi connectivity index (χ2n) is 4.17. The molecule has 0 saturated carbocycles. The third-order valence-electron chi connectivity index (χ3n) is 2.96. The molecule has 1 N–H and O–H groups in total. The lowest BCUT2D eigenvalue weighted by atomic mass is 10.0. The van der Waals surface area contributed by atoms with Crippen molar-refractivity contribution < 1.29 is 0 Å². The molecule has 1 aromatic heterocycles. The molecule has 1 nitrogen and oxygen atoms in total. The summed E-state index contributed by atoms with van der Waals surface area (Å²) in [5.74, 6) is 0. The summed E-state index contributed by atoms with van der Waals surface area (Å²) in [6.45, 7) is 2.24. The Morgan fingerprint density at radius 1 is 1.18 bits per heavy atom. The minimum atomic E-state index is 1.19. The Morgan fingerprint density at radius 2 is 1.94 bits per heavy atom. The van der Waals surface area contributed by atoms with Gasteiger partial charge in [0, 0.05) is 22.9 Å². The van der Waals surface area contributed by atoms with Gasteiger partial charge in [0.05, 0.1) is 5.69 Å². The topological polar surface area (TPSA) is 12.0 Å². The van der Waals surface area contributed by atoms with Crippen molar-refractivity contribution in [3.05, 3.63) is 40.6 Å². The minimum Gasteiger partial charge on any atom is -0.387 e. The van der Waals surface area contributed by atoms with E-state index in [-0.39, 0.29) is 0 Å². The Kier molecular flexibility index (Phi) is 4.21. The molecule has 0 bridgehead atoms. The summed E-state index contributed by atoms with van der Waals surface area (Å²) >= 11 is 1.87. The number of anilines is 1. The summed E-state index contributed by atoms with van der Waals surface area (Å²) in [5, 5.41) is 5.53. The number of hydrogen-bond acceptors (Lipinski definition) is 2. The maximum atomic E-state index is 3.30. The molecule has 2 rings (SSSR count). The van der Waals surface area contributed by atoms with Crippen LogP contribution < -0.4 is 5.32 Å². The maximum absolute atomic E-state index is 3.30. The van der Waals surface area contributed by atoms with Crippen LogP contribution in [-0.2, 0) is 6.42 Å². The van der Waals surface area contributed by atoms with Crippen molar-refractivity contribution in [2.75, 3.05) is 12.4 Å². The van der Waals surface area contributed by atoms with Crippen LogP contribution in [0.5, 0.6) is 0 Å². The van der Waals surface area contributed by atoms with Crippen molar-refractivity contribution in [3.63, 3.8) is 0 Å². The molecule has 0 atom stereocenters. The molecule has 1 aromatic carbocycles. The summed E-state index contributed by atoms with van der Waals surface area (Å²) in [6, 6.07) is 10.7. The van der Waals surface area contributed by atoms with Gasteiger partial charge in [0.15, 0.2) is 0 Å². The van der Waals surface area contributed by atoms with Crippen LogP contribution in [0, 0.1) is 0 Å². The van der Waals surface area contributed by atoms with E-state index < -0.39 is 0 Å². The Hall–Kier alpha value is -1.28. The van der Waals surface area contributed by atoms with Crippen LogP contribution in [0.2, 0.25) is 0 Å². The molecule has 0 fully saturated rings. The van der Waals surface area contributed by atoms with Crippen LogP contribution in [0.15, 0.2) is 35.7 Å². The number of aryl methyl sites for hydroxylation is 1. The van der Waals surface area contributed by atoms with E-state index in [1.54, 1.807) is 0 Å². The zero-order valence-electron chi connectivity index (χ0n) is 10.5. The molecule has 17 heavy (non-hydrogen) atoms. The molecule has 0 saturated heterocycles. The number of benzene rings is 1. The quantitative estimate of drug-likeness (QED) is 0.798. The van der Waals surface area contributed by atoms with Crippen molar-refractivity contribution >= 4 is 17.0 Å². The Morgan fingerprint density at radius 3 is 2.59 bits per heavy atom. The van der Waals surface area contributed by atoms with E-state index in [4.69, 9.17) is 0 Å². The smallest absolute Gasteiger partial charge is 0.0528 e. The van der Waals surface area contributed by atoms with Crippen molar-refractivity contribution in [1.29, 1.82) is 0 Å². The largest absolute Gasteiger partial charge is 0.387 e. The van der Waals surface area contributed by atoms with Gasteiger partial charge in [-0.3, -0.25) is 0 Å². The van der Waals surface area contributed by atoms with E-state index in [1.165, 1.54) is 41.0 Å². The highest BCUT2D eigenvalue weighted by molar-refractivity contribution is 7.11. The summed E-state index contributed by atoms with van der Waals surface area (Å²) in [4.78, 5) is 1.50. The van der Waals surface area contributed by atoms with Crippen LogP contribution in [-0.4, -0.2) is 7.05 Å². The van der Waals surface area contributed by atoms with E-state index in [1.807, 2.05) is 18.4 Å². The third kappa shape index (κ3) is 2.70. The van der Waals surface area contributed by atoms with Crippen molar-refractivity contribution in [3.8, 4) is 11.1 Å². The number of nitrogens with one attached hydrogen (secondary N) is 1. The van der Waals surface area contributed by atoms with Gasteiger partial charge >= 0.3 is 0 Å². The zero-order chi connectivity index (χ0) is 12.1.